The molecule has 1 aromatic carbocycles. The molecule has 0 aliphatic heterocycles. The molecule has 0 atom stereocenters. The Balaban J connectivity index is 2.18. The number of nitrogens with zero attached hydrogens (tertiary/aromatic N) is 2. The van der Waals surface area contributed by atoms with Gasteiger partial charge in [0.25, 0.3) is 0 Å². The fourth-order valence-electron chi connectivity index (χ4n) is 1.17. The second-order valence-corrected chi connectivity index (χ2v) is 3.15. The van der Waals surface area contributed by atoms with Gasteiger partial charge < -0.3 is 5.32 Å². The molecule has 0 bridgehead atoms. The van der Waals surface area contributed by atoms with Crippen molar-refractivity contribution in [2.45, 2.75) is 6.92 Å². The maximum absolute atomic E-state index is 12.6. The number of aryl methyl sites for hydroxylation is 1. The van der Waals surface area contributed by atoms with Gasteiger partial charge in [0.05, 0.1) is 0 Å². The number of nitrogens with one attached hydrogen (secondary N) is 1. The van der Waals surface area contributed by atoms with Crippen molar-refractivity contribution >= 4 is 11.6 Å². The lowest BCUT2D eigenvalue weighted by Gasteiger charge is -2.04. The maximum Gasteiger partial charge on any atom is 0.227 e. The van der Waals surface area contributed by atoms with E-state index in [1.807, 2.05) is 13.0 Å². The minimum absolute atomic E-state index is 0.259. The molecular weight excluding hydrogens is 193 g/mol. The highest BCUT2D eigenvalue weighted by atomic mass is 19.1. The van der Waals surface area contributed by atoms with Gasteiger partial charge >= 0.3 is 0 Å². The smallest absolute Gasteiger partial charge is 0.227 e. The fourth-order valence-corrected chi connectivity index (χ4v) is 1.17. The van der Waals surface area contributed by atoms with Gasteiger partial charge in [0.15, 0.2) is 0 Å². The van der Waals surface area contributed by atoms with Gasteiger partial charge in [-0.1, -0.05) is 0 Å². The minimum atomic E-state index is -0.259. The highest BCUT2D eigenvalue weighted by Gasteiger charge is 1.97. The van der Waals surface area contributed by atoms with Crippen molar-refractivity contribution < 1.29 is 4.39 Å². The summed E-state index contributed by atoms with van der Waals surface area (Å²) < 4.78 is 12.6. The summed E-state index contributed by atoms with van der Waals surface area (Å²) in [5.74, 6) is 0.257. The quantitative estimate of drug-likeness (QED) is 0.815. The number of aromatic nitrogens is 2. The average Bonchev–Trinajstić information content (AvgIpc) is 2.22. The Hall–Kier alpha value is -1.97. The number of hydrogen-bond donors (Lipinski definition) is 1. The number of hydrogen-bond acceptors (Lipinski definition) is 3. The Labute approximate surface area is 87.0 Å². The Morgan fingerprint density at radius 1 is 1.13 bits per heavy atom. The lowest BCUT2D eigenvalue weighted by Crippen LogP contribution is -1.97. The molecule has 0 saturated heterocycles. The lowest BCUT2D eigenvalue weighted by atomic mass is 10.3. The van der Waals surface area contributed by atoms with Crippen LogP contribution in [0.15, 0.2) is 36.5 Å². The number of rotatable bonds is 2. The predicted molar refractivity (Wildman–Crippen MR) is 56.5 cm³/mol. The van der Waals surface area contributed by atoms with Gasteiger partial charge in [0.2, 0.25) is 5.95 Å². The Morgan fingerprint density at radius 3 is 2.53 bits per heavy atom. The number of benzene rings is 1. The molecule has 0 radical (unpaired) electrons. The van der Waals surface area contributed by atoms with Crippen LogP contribution in [0.2, 0.25) is 0 Å². The largest absolute Gasteiger partial charge is 0.324 e. The van der Waals surface area contributed by atoms with Gasteiger partial charge in [-0.15, -0.1) is 0 Å². The van der Waals surface area contributed by atoms with Crippen LogP contribution < -0.4 is 5.32 Å². The molecule has 1 N–H and O–H groups in total. The highest BCUT2D eigenvalue weighted by Crippen LogP contribution is 2.12. The second kappa shape index (κ2) is 4.04. The molecule has 0 amide bonds. The van der Waals surface area contributed by atoms with Crippen LogP contribution >= 0.6 is 0 Å². The first kappa shape index (κ1) is 9.58. The van der Waals surface area contributed by atoms with E-state index in [0.717, 1.165) is 11.4 Å². The van der Waals surface area contributed by atoms with Gasteiger partial charge in [0, 0.05) is 17.6 Å². The van der Waals surface area contributed by atoms with Crippen LogP contribution in [0.25, 0.3) is 0 Å². The molecule has 1 aromatic heterocycles. The van der Waals surface area contributed by atoms with Crippen LogP contribution in [-0.4, -0.2) is 9.97 Å². The minimum Gasteiger partial charge on any atom is -0.324 e. The standard InChI is InChI=1S/C11H10FN3/c1-8-6-7-13-11(14-8)15-10-4-2-9(12)3-5-10/h2-7H,1H3,(H,13,14,15). The first-order valence-corrected chi connectivity index (χ1v) is 4.56. The van der Waals surface area contributed by atoms with Crippen LogP contribution in [0, 0.1) is 12.7 Å². The summed E-state index contributed by atoms with van der Waals surface area (Å²) >= 11 is 0. The van der Waals surface area contributed by atoms with Gasteiger partial charge in [-0.25, -0.2) is 14.4 Å². The molecule has 1 heterocycles. The fraction of sp³-hybridized carbons (Fsp3) is 0.0909. The van der Waals surface area contributed by atoms with Crippen molar-refractivity contribution in [2.24, 2.45) is 0 Å². The third-order valence-electron chi connectivity index (χ3n) is 1.90. The molecule has 15 heavy (non-hydrogen) atoms. The first-order valence-electron chi connectivity index (χ1n) is 4.56. The molecule has 0 unspecified atom stereocenters. The van der Waals surface area contributed by atoms with Gasteiger partial charge in [0.1, 0.15) is 5.82 Å². The van der Waals surface area contributed by atoms with E-state index >= 15 is 0 Å². The summed E-state index contributed by atoms with van der Waals surface area (Å²) in [5, 5.41) is 2.98. The van der Waals surface area contributed by atoms with Crippen LogP contribution in [0.5, 0.6) is 0 Å². The molecule has 0 spiro atoms. The SMILES string of the molecule is Cc1ccnc(Nc2ccc(F)cc2)n1. The summed E-state index contributed by atoms with van der Waals surface area (Å²) in [5.41, 5.74) is 1.65. The maximum atomic E-state index is 12.6. The topological polar surface area (TPSA) is 37.8 Å². The monoisotopic (exact) mass is 203 g/mol. The molecule has 3 nitrogen and oxygen atoms in total. The van der Waals surface area contributed by atoms with E-state index in [0.29, 0.717) is 5.95 Å². The second-order valence-electron chi connectivity index (χ2n) is 3.15. The Morgan fingerprint density at radius 2 is 1.87 bits per heavy atom. The third kappa shape index (κ3) is 2.49. The van der Waals surface area contributed by atoms with Crippen LogP contribution in [0.1, 0.15) is 5.69 Å². The van der Waals surface area contributed by atoms with E-state index < -0.39 is 0 Å². The van der Waals surface area contributed by atoms with Crippen LogP contribution in [0.3, 0.4) is 0 Å². The first-order chi connectivity index (χ1) is 7.24. The number of halogens is 1. The Bertz CT molecular complexity index is 454. The van der Waals surface area contributed by atoms with E-state index in [1.54, 1.807) is 18.3 Å². The van der Waals surface area contributed by atoms with Gasteiger partial charge in [-0.05, 0) is 37.3 Å². The van der Waals surface area contributed by atoms with Crippen molar-refractivity contribution in [2.75, 3.05) is 5.32 Å². The summed E-state index contributed by atoms with van der Waals surface area (Å²) in [7, 11) is 0. The molecule has 2 rings (SSSR count). The average molecular weight is 203 g/mol. The molecule has 0 saturated carbocycles. The van der Waals surface area contributed by atoms with Gasteiger partial charge in [-0.2, -0.15) is 0 Å². The van der Waals surface area contributed by atoms with Crippen LogP contribution in [0.4, 0.5) is 16.0 Å². The molecule has 0 fully saturated rings. The number of anilines is 2. The van der Waals surface area contributed by atoms with Crippen molar-refractivity contribution in [3.8, 4) is 0 Å². The third-order valence-corrected chi connectivity index (χ3v) is 1.90. The summed E-state index contributed by atoms with van der Waals surface area (Å²) in [6.45, 7) is 1.89. The summed E-state index contributed by atoms with van der Waals surface area (Å²) in [6, 6.07) is 7.87. The highest BCUT2D eigenvalue weighted by molar-refractivity contribution is 5.52. The van der Waals surface area contributed by atoms with Gasteiger partial charge in [-0.3, -0.25) is 0 Å². The van der Waals surface area contributed by atoms with Crippen molar-refractivity contribution in [1.29, 1.82) is 0 Å². The molecule has 2 aromatic rings. The van der Waals surface area contributed by atoms with E-state index in [1.165, 1.54) is 12.1 Å². The molecule has 0 aliphatic rings. The molecular formula is C11H10FN3. The zero-order valence-corrected chi connectivity index (χ0v) is 8.24. The van der Waals surface area contributed by atoms with Crippen LogP contribution in [-0.2, 0) is 0 Å². The van der Waals surface area contributed by atoms with Crippen molar-refractivity contribution in [3.63, 3.8) is 0 Å². The van der Waals surface area contributed by atoms with E-state index in [2.05, 4.69) is 15.3 Å². The summed E-state index contributed by atoms with van der Waals surface area (Å²) in [6.07, 6.45) is 1.67. The molecule has 4 heteroatoms. The van der Waals surface area contributed by atoms with E-state index in [-0.39, 0.29) is 5.82 Å². The predicted octanol–water partition coefficient (Wildman–Crippen LogP) is 2.67. The molecule has 0 aliphatic carbocycles. The van der Waals surface area contributed by atoms with E-state index in [9.17, 15) is 4.39 Å². The van der Waals surface area contributed by atoms with E-state index in [4.69, 9.17) is 0 Å². The van der Waals surface area contributed by atoms with Crippen molar-refractivity contribution in [1.82, 2.24) is 9.97 Å². The van der Waals surface area contributed by atoms with Crippen molar-refractivity contribution in [3.05, 3.63) is 48.0 Å². The zero-order chi connectivity index (χ0) is 10.7. The normalized spacial score (nSPS) is 10.0. The zero-order valence-electron chi connectivity index (χ0n) is 8.24. The Kier molecular flexibility index (Phi) is 2.58. The summed E-state index contributed by atoms with van der Waals surface area (Å²) in [4.78, 5) is 8.22. The lowest BCUT2D eigenvalue weighted by molar-refractivity contribution is 0.628. The molecule has 76 valence electrons.